The van der Waals surface area contributed by atoms with E-state index in [2.05, 4.69) is 20.6 Å². The van der Waals surface area contributed by atoms with E-state index in [9.17, 15) is 19.3 Å². The molecule has 0 bridgehead atoms. The number of aromatic nitrogens is 4. The summed E-state index contributed by atoms with van der Waals surface area (Å²) < 4.78 is 15.4. The van der Waals surface area contributed by atoms with E-state index in [0.717, 1.165) is 0 Å². The second-order valence-electron chi connectivity index (χ2n) is 5.74. The van der Waals surface area contributed by atoms with Crippen LogP contribution in [0.15, 0.2) is 24.3 Å². The predicted molar refractivity (Wildman–Crippen MR) is 95.4 cm³/mol. The van der Waals surface area contributed by atoms with Gasteiger partial charge >= 0.3 is 5.82 Å². The van der Waals surface area contributed by atoms with E-state index in [0.29, 0.717) is 22.6 Å². The van der Waals surface area contributed by atoms with Crippen LogP contribution in [0.5, 0.6) is 0 Å². The number of anilines is 1. The van der Waals surface area contributed by atoms with Crippen LogP contribution in [-0.2, 0) is 6.54 Å². The first-order chi connectivity index (χ1) is 12.8. The molecule has 0 fully saturated rings. The van der Waals surface area contributed by atoms with Gasteiger partial charge in [0.15, 0.2) is 10.7 Å². The number of rotatable bonds is 5. The van der Waals surface area contributed by atoms with Crippen LogP contribution in [0.1, 0.15) is 27.4 Å². The molecule has 0 saturated carbocycles. The van der Waals surface area contributed by atoms with E-state index in [-0.39, 0.29) is 23.1 Å². The van der Waals surface area contributed by atoms with Crippen molar-refractivity contribution in [3.63, 3.8) is 0 Å². The van der Waals surface area contributed by atoms with Crippen molar-refractivity contribution >= 4 is 29.0 Å². The molecular weight excluding hydrogens is 379 g/mol. The van der Waals surface area contributed by atoms with E-state index < -0.39 is 16.6 Å². The molecule has 2 heterocycles. The van der Waals surface area contributed by atoms with E-state index in [1.165, 1.54) is 6.07 Å². The second-order valence-corrected chi connectivity index (χ2v) is 6.12. The number of halogens is 2. The predicted octanol–water partition coefficient (Wildman–Crippen LogP) is 3.22. The van der Waals surface area contributed by atoms with Gasteiger partial charge in [0.1, 0.15) is 5.82 Å². The van der Waals surface area contributed by atoms with Gasteiger partial charge in [0, 0.05) is 5.56 Å². The lowest BCUT2D eigenvalue weighted by Crippen LogP contribution is -2.14. The number of hydrogen-bond donors (Lipinski definition) is 2. The highest BCUT2D eigenvalue weighted by atomic mass is 35.5. The van der Waals surface area contributed by atoms with Gasteiger partial charge in [-0.3, -0.25) is 9.48 Å². The van der Waals surface area contributed by atoms with E-state index in [1.54, 1.807) is 36.7 Å². The number of H-pyrrole nitrogens is 1. The summed E-state index contributed by atoms with van der Waals surface area (Å²) >= 11 is 5.83. The molecule has 27 heavy (non-hydrogen) atoms. The van der Waals surface area contributed by atoms with Crippen molar-refractivity contribution in [2.75, 3.05) is 5.32 Å². The van der Waals surface area contributed by atoms with Gasteiger partial charge < -0.3 is 15.4 Å². The molecular formula is C16H14ClFN6O3. The van der Waals surface area contributed by atoms with Crippen molar-refractivity contribution < 1.29 is 14.1 Å². The first-order valence-corrected chi connectivity index (χ1v) is 8.14. The standard InChI is InChI=1S/C16H14ClFN6O3/c1-8-13(19-16(25)14-12(17)15(21-20-14)24(26)27)9(2)23(22-8)7-10-5-3-4-6-11(10)18/h3-6H,7H2,1-2H3,(H,19,25)(H,20,21). The number of aryl methyl sites for hydroxylation is 1. The third-order valence-electron chi connectivity index (χ3n) is 3.99. The van der Waals surface area contributed by atoms with Crippen molar-refractivity contribution in [1.82, 2.24) is 20.0 Å². The minimum atomic E-state index is -0.769. The molecule has 9 nitrogen and oxygen atoms in total. The minimum Gasteiger partial charge on any atom is -0.358 e. The number of carbonyl (C=O) groups is 1. The lowest BCUT2D eigenvalue weighted by atomic mass is 10.2. The lowest BCUT2D eigenvalue weighted by molar-refractivity contribution is -0.389. The first kappa shape index (κ1) is 18.5. The van der Waals surface area contributed by atoms with Crippen LogP contribution >= 0.6 is 11.6 Å². The van der Waals surface area contributed by atoms with Gasteiger partial charge in [-0.1, -0.05) is 34.9 Å². The van der Waals surface area contributed by atoms with Crippen LogP contribution in [0, 0.1) is 29.8 Å². The number of amides is 1. The second kappa shape index (κ2) is 7.16. The van der Waals surface area contributed by atoms with Gasteiger partial charge in [0.2, 0.25) is 0 Å². The number of nitrogens with zero attached hydrogens (tertiary/aromatic N) is 4. The van der Waals surface area contributed by atoms with Gasteiger partial charge in [0.25, 0.3) is 5.91 Å². The highest BCUT2D eigenvalue weighted by molar-refractivity contribution is 6.35. The van der Waals surface area contributed by atoms with Crippen LogP contribution in [0.3, 0.4) is 0 Å². The van der Waals surface area contributed by atoms with Gasteiger partial charge in [-0.2, -0.15) is 5.10 Å². The molecule has 1 amide bonds. The number of nitro groups is 1. The summed E-state index contributed by atoms with van der Waals surface area (Å²) in [5.74, 6) is -1.64. The highest BCUT2D eigenvalue weighted by Gasteiger charge is 2.26. The maximum absolute atomic E-state index is 13.9. The summed E-state index contributed by atoms with van der Waals surface area (Å²) in [6.45, 7) is 3.57. The Morgan fingerprint density at radius 3 is 2.74 bits per heavy atom. The summed E-state index contributed by atoms with van der Waals surface area (Å²) in [6, 6.07) is 6.32. The molecule has 0 atom stereocenters. The van der Waals surface area contributed by atoms with Crippen molar-refractivity contribution in [2.24, 2.45) is 0 Å². The summed E-state index contributed by atoms with van der Waals surface area (Å²) in [5, 5.41) is 23.0. The Hall–Kier alpha value is -3.27. The zero-order valence-electron chi connectivity index (χ0n) is 14.3. The smallest absolute Gasteiger partial charge is 0.358 e. The molecule has 0 unspecified atom stereocenters. The average molecular weight is 393 g/mol. The van der Waals surface area contributed by atoms with Crippen LogP contribution in [0.4, 0.5) is 15.9 Å². The summed E-state index contributed by atoms with van der Waals surface area (Å²) in [4.78, 5) is 22.4. The zero-order chi connectivity index (χ0) is 19.7. The number of hydrogen-bond acceptors (Lipinski definition) is 5. The topological polar surface area (TPSA) is 119 Å². The molecule has 0 aliphatic carbocycles. The van der Waals surface area contributed by atoms with Crippen molar-refractivity contribution in [3.05, 3.63) is 67.9 Å². The molecule has 3 aromatic rings. The van der Waals surface area contributed by atoms with E-state index >= 15 is 0 Å². The Bertz CT molecular complexity index is 1040. The van der Waals surface area contributed by atoms with Crippen molar-refractivity contribution in [3.8, 4) is 0 Å². The van der Waals surface area contributed by atoms with Gasteiger partial charge in [-0.05, 0) is 24.8 Å². The average Bonchev–Trinajstić information content (AvgIpc) is 3.12. The number of benzene rings is 1. The molecule has 0 aliphatic heterocycles. The quantitative estimate of drug-likeness (QED) is 0.510. The number of nitrogens with one attached hydrogen (secondary N) is 2. The zero-order valence-corrected chi connectivity index (χ0v) is 15.0. The molecule has 3 rings (SSSR count). The third kappa shape index (κ3) is 3.51. The molecule has 2 N–H and O–H groups in total. The number of aromatic amines is 1. The molecule has 140 valence electrons. The fourth-order valence-corrected chi connectivity index (χ4v) is 2.82. The number of carbonyl (C=O) groups excluding carboxylic acids is 1. The van der Waals surface area contributed by atoms with E-state index in [4.69, 9.17) is 11.6 Å². The molecule has 0 spiro atoms. The Balaban J connectivity index is 1.86. The monoisotopic (exact) mass is 392 g/mol. The SMILES string of the molecule is Cc1nn(Cc2ccccc2F)c(C)c1NC(=O)c1n[nH]c([N+](=O)[O-])c1Cl. The van der Waals surface area contributed by atoms with Crippen LogP contribution in [0.2, 0.25) is 5.02 Å². The summed E-state index contributed by atoms with van der Waals surface area (Å²) in [5.41, 5.74) is 1.64. The molecule has 0 radical (unpaired) electrons. The van der Waals surface area contributed by atoms with Gasteiger partial charge in [0.05, 0.1) is 23.6 Å². The Morgan fingerprint density at radius 1 is 1.41 bits per heavy atom. The highest BCUT2D eigenvalue weighted by Crippen LogP contribution is 2.27. The Morgan fingerprint density at radius 2 is 2.11 bits per heavy atom. The largest absolute Gasteiger partial charge is 0.362 e. The summed E-state index contributed by atoms with van der Waals surface area (Å²) in [7, 11) is 0. The van der Waals surface area contributed by atoms with Crippen LogP contribution in [0.25, 0.3) is 0 Å². The van der Waals surface area contributed by atoms with Crippen molar-refractivity contribution in [2.45, 2.75) is 20.4 Å². The maximum Gasteiger partial charge on any atom is 0.362 e. The minimum absolute atomic E-state index is 0.184. The Kier molecular flexibility index (Phi) is 4.91. The van der Waals surface area contributed by atoms with Crippen LogP contribution in [-0.4, -0.2) is 30.8 Å². The summed E-state index contributed by atoms with van der Waals surface area (Å²) in [6.07, 6.45) is 0. The molecule has 2 aromatic heterocycles. The normalized spacial score (nSPS) is 10.8. The van der Waals surface area contributed by atoms with Gasteiger partial charge in [-0.15, -0.1) is 5.10 Å². The fourth-order valence-electron chi connectivity index (χ4n) is 2.58. The van der Waals surface area contributed by atoms with Crippen LogP contribution < -0.4 is 5.32 Å². The third-order valence-corrected chi connectivity index (χ3v) is 4.34. The Labute approximate surface area is 157 Å². The molecule has 1 aromatic carbocycles. The molecule has 0 aliphatic rings. The van der Waals surface area contributed by atoms with Gasteiger partial charge in [-0.25, -0.2) is 4.39 Å². The lowest BCUT2D eigenvalue weighted by Gasteiger charge is -2.07. The molecule has 0 saturated heterocycles. The van der Waals surface area contributed by atoms with E-state index in [1.807, 2.05) is 0 Å². The fraction of sp³-hybridized carbons (Fsp3) is 0.188. The first-order valence-electron chi connectivity index (χ1n) is 7.76. The molecule has 11 heteroatoms. The maximum atomic E-state index is 13.9. The van der Waals surface area contributed by atoms with Crippen molar-refractivity contribution in [1.29, 1.82) is 0 Å².